The van der Waals surface area contributed by atoms with Gasteiger partial charge in [-0.2, -0.15) is 22.0 Å². The third kappa shape index (κ3) is 4.58. The van der Waals surface area contributed by atoms with Gasteiger partial charge in [-0.15, -0.1) is 0 Å². The third-order valence-electron chi connectivity index (χ3n) is 3.11. The van der Waals surface area contributed by atoms with Crippen molar-refractivity contribution in [1.29, 1.82) is 0 Å². The van der Waals surface area contributed by atoms with Crippen molar-refractivity contribution in [3.8, 4) is 0 Å². The summed E-state index contributed by atoms with van der Waals surface area (Å²) in [4.78, 5) is 0. The fraction of sp³-hybridized carbons (Fsp3) is 0.571. The van der Waals surface area contributed by atoms with E-state index in [4.69, 9.17) is 0 Å². The van der Waals surface area contributed by atoms with E-state index in [1.807, 2.05) is 6.92 Å². The van der Waals surface area contributed by atoms with Crippen molar-refractivity contribution in [3.05, 3.63) is 29.8 Å². The van der Waals surface area contributed by atoms with Crippen LogP contribution in [0.15, 0.2) is 18.2 Å². The summed E-state index contributed by atoms with van der Waals surface area (Å²) < 4.78 is 92.1. The second-order valence-electron chi connectivity index (χ2n) is 4.85. The van der Waals surface area contributed by atoms with Gasteiger partial charge < -0.3 is 0 Å². The smallest absolute Gasteiger partial charge is 0.207 e. The Labute approximate surface area is 125 Å². The zero-order valence-corrected chi connectivity index (χ0v) is 12.8. The number of alkyl halides is 5. The maximum atomic E-state index is 13.7. The highest BCUT2D eigenvalue weighted by Crippen LogP contribution is 2.59. The van der Waals surface area contributed by atoms with E-state index in [1.54, 1.807) is 0 Å². The lowest BCUT2D eigenvalue weighted by Gasteiger charge is -2.29. The summed E-state index contributed by atoms with van der Waals surface area (Å²) in [5.74, 6) is -2.26. The van der Waals surface area contributed by atoms with Crippen LogP contribution in [0.2, 0.25) is 0 Å². The van der Waals surface area contributed by atoms with E-state index in [2.05, 4.69) is 0 Å². The average Bonchev–Trinajstić information content (AvgIpc) is 2.40. The first-order valence-corrected chi connectivity index (χ1v) is 8.31. The number of hydrogen-bond acceptors (Lipinski definition) is 0. The Bertz CT molecular complexity index is 485. The number of hydrogen-bond donors (Lipinski definition) is 0. The van der Waals surface area contributed by atoms with E-state index in [1.165, 1.54) is 0 Å². The Balaban J connectivity index is 3.13. The van der Waals surface area contributed by atoms with Crippen molar-refractivity contribution in [3.63, 3.8) is 0 Å². The van der Waals surface area contributed by atoms with Gasteiger partial charge in [0.05, 0.1) is 0 Å². The van der Waals surface area contributed by atoms with Gasteiger partial charge in [0.25, 0.3) is 0 Å². The van der Waals surface area contributed by atoms with Crippen molar-refractivity contribution < 1.29 is 30.7 Å². The third-order valence-corrected chi connectivity index (χ3v) is 5.73. The Morgan fingerprint density at radius 2 is 1.59 bits per heavy atom. The van der Waals surface area contributed by atoms with Crippen LogP contribution in [0.4, 0.5) is 30.7 Å². The maximum Gasteiger partial charge on any atom is 0.457 e. The molecule has 0 aromatic heterocycles. The van der Waals surface area contributed by atoms with Crippen LogP contribution in [0.5, 0.6) is 0 Å². The summed E-state index contributed by atoms with van der Waals surface area (Å²) in [7, 11) is -3.21. The molecule has 1 aromatic rings. The summed E-state index contributed by atoms with van der Waals surface area (Å²) in [5, 5.41) is -0.867. The molecule has 22 heavy (non-hydrogen) atoms. The predicted molar refractivity (Wildman–Crippen MR) is 72.9 cm³/mol. The normalized spacial score (nSPS) is 14.2. The monoisotopic (exact) mass is 348 g/mol. The summed E-state index contributed by atoms with van der Waals surface area (Å²) in [5.41, 5.74) is -5.05. The van der Waals surface area contributed by atoms with Crippen molar-refractivity contribution in [1.82, 2.24) is 0 Å². The molecule has 0 radical (unpaired) electrons. The summed E-state index contributed by atoms with van der Waals surface area (Å²) in [6.45, 7) is 1.86. The number of benzene rings is 1. The molecule has 1 atom stereocenters. The van der Waals surface area contributed by atoms with Gasteiger partial charge in [-0.3, -0.25) is 0 Å². The van der Waals surface area contributed by atoms with E-state index < -0.39 is 42.9 Å². The second kappa shape index (κ2) is 7.62. The molecule has 126 valence electrons. The molecule has 0 saturated heterocycles. The minimum atomic E-state index is -5.79. The Hall–Kier alpha value is -0.840. The highest BCUT2D eigenvalue weighted by atomic mass is 31.1. The van der Waals surface area contributed by atoms with Gasteiger partial charge in [0.1, 0.15) is 11.6 Å². The quantitative estimate of drug-likeness (QED) is 0.331. The van der Waals surface area contributed by atoms with Crippen LogP contribution in [-0.4, -0.2) is 18.0 Å². The van der Waals surface area contributed by atoms with Gasteiger partial charge in [-0.05, 0) is 30.8 Å². The fourth-order valence-corrected chi connectivity index (χ4v) is 4.24. The molecule has 8 heteroatoms. The van der Waals surface area contributed by atoms with Crippen LogP contribution in [0.25, 0.3) is 0 Å². The SMILES string of the molecule is CCCCCCP(c1cc(F)ccc1F)C(F)(F)C(F)(F)F. The fourth-order valence-electron chi connectivity index (χ4n) is 1.95. The molecule has 0 bridgehead atoms. The van der Waals surface area contributed by atoms with Crippen LogP contribution < -0.4 is 5.30 Å². The van der Waals surface area contributed by atoms with Crippen molar-refractivity contribution >= 4 is 13.2 Å². The van der Waals surface area contributed by atoms with Crippen LogP contribution in [0, 0.1) is 11.6 Å². The Morgan fingerprint density at radius 3 is 2.14 bits per heavy atom. The van der Waals surface area contributed by atoms with Crippen LogP contribution in [0.3, 0.4) is 0 Å². The van der Waals surface area contributed by atoms with E-state index in [0.717, 1.165) is 6.42 Å². The van der Waals surface area contributed by atoms with E-state index in [9.17, 15) is 30.7 Å². The van der Waals surface area contributed by atoms with Crippen molar-refractivity contribution in [2.45, 2.75) is 44.4 Å². The molecule has 0 nitrogen and oxygen atoms in total. The topological polar surface area (TPSA) is 0 Å². The molecule has 0 heterocycles. The van der Waals surface area contributed by atoms with E-state index in [0.29, 0.717) is 31.0 Å². The van der Waals surface area contributed by atoms with E-state index in [-0.39, 0.29) is 6.42 Å². The number of unbranched alkanes of at least 4 members (excludes halogenated alkanes) is 3. The zero-order valence-electron chi connectivity index (χ0n) is 11.9. The minimum absolute atomic E-state index is 0.112. The molecule has 0 N–H and O–H groups in total. The van der Waals surface area contributed by atoms with Gasteiger partial charge in [0.2, 0.25) is 0 Å². The first-order valence-electron chi connectivity index (χ1n) is 6.78. The van der Waals surface area contributed by atoms with Gasteiger partial charge in [-0.1, -0.05) is 26.2 Å². The largest absolute Gasteiger partial charge is 0.457 e. The maximum absolute atomic E-state index is 13.7. The summed E-state index contributed by atoms with van der Waals surface area (Å²) >= 11 is 0. The Kier molecular flexibility index (Phi) is 6.65. The van der Waals surface area contributed by atoms with Crippen LogP contribution in [-0.2, 0) is 0 Å². The van der Waals surface area contributed by atoms with Crippen molar-refractivity contribution in [2.24, 2.45) is 0 Å². The molecular weight excluding hydrogens is 332 g/mol. The molecule has 0 fully saturated rings. The van der Waals surface area contributed by atoms with Crippen LogP contribution >= 0.6 is 7.92 Å². The molecule has 1 aromatic carbocycles. The second-order valence-corrected chi connectivity index (χ2v) is 7.19. The molecule has 0 spiro atoms. The lowest BCUT2D eigenvalue weighted by Crippen LogP contribution is -2.38. The highest BCUT2D eigenvalue weighted by Gasteiger charge is 2.62. The number of rotatable bonds is 7. The van der Waals surface area contributed by atoms with Gasteiger partial charge in [0.15, 0.2) is 0 Å². The molecule has 0 amide bonds. The molecule has 0 aliphatic carbocycles. The molecule has 1 rings (SSSR count). The summed E-state index contributed by atoms with van der Waals surface area (Å²) in [6, 6.07) is 1.72. The van der Waals surface area contributed by atoms with Gasteiger partial charge in [-0.25, -0.2) is 8.78 Å². The minimum Gasteiger partial charge on any atom is -0.207 e. The average molecular weight is 348 g/mol. The lowest BCUT2D eigenvalue weighted by molar-refractivity contribution is -0.240. The van der Waals surface area contributed by atoms with E-state index >= 15 is 0 Å². The molecule has 1 unspecified atom stereocenters. The number of halogens is 7. The standard InChI is InChI=1S/C14H16F7P/c1-2-3-4-5-8-22(14(20,21)13(17,18)19)12-9-10(15)6-7-11(12)16/h6-7,9H,2-5,8H2,1H3. The molecule has 0 saturated carbocycles. The van der Waals surface area contributed by atoms with Crippen molar-refractivity contribution in [2.75, 3.05) is 6.16 Å². The summed E-state index contributed by atoms with van der Waals surface area (Å²) in [6.07, 6.45) is -4.24. The Morgan fingerprint density at radius 1 is 0.955 bits per heavy atom. The highest BCUT2D eigenvalue weighted by molar-refractivity contribution is 7.66. The lowest BCUT2D eigenvalue weighted by atomic mass is 10.2. The first-order chi connectivity index (χ1) is 10.1. The van der Waals surface area contributed by atoms with Gasteiger partial charge >= 0.3 is 11.8 Å². The molecular formula is C14H16F7P. The first kappa shape index (κ1) is 19.2. The van der Waals surface area contributed by atoms with Crippen LogP contribution in [0.1, 0.15) is 32.6 Å². The molecule has 0 aliphatic rings. The predicted octanol–water partition coefficient (Wildman–Crippen LogP) is 5.81. The van der Waals surface area contributed by atoms with Gasteiger partial charge in [0, 0.05) is 13.2 Å². The zero-order chi connectivity index (χ0) is 17.0. The molecule has 0 aliphatic heterocycles.